The molecule has 6 heteroatoms. The van der Waals surface area contributed by atoms with Gasteiger partial charge in [0.25, 0.3) is 0 Å². The summed E-state index contributed by atoms with van der Waals surface area (Å²) < 4.78 is 43.1. The maximum atomic E-state index is 12.9. The number of halogens is 3. The number of methoxy groups -OCH3 is 1. The minimum absolute atomic E-state index is 0.0534. The van der Waals surface area contributed by atoms with Crippen molar-refractivity contribution in [3.8, 4) is 0 Å². The van der Waals surface area contributed by atoms with E-state index in [0.29, 0.717) is 17.7 Å². The third-order valence-corrected chi connectivity index (χ3v) is 2.75. The number of rotatable bonds is 3. The Bertz CT molecular complexity index is 438. The van der Waals surface area contributed by atoms with Crippen LogP contribution in [0, 0.1) is 0 Å². The lowest BCUT2D eigenvalue weighted by molar-refractivity contribution is -0.130. The highest BCUT2D eigenvalue weighted by atomic mass is 19.4. The molecular formula is C12H12F3NO2. The van der Waals surface area contributed by atoms with Gasteiger partial charge < -0.3 is 4.74 Å². The lowest BCUT2D eigenvalue weighted by Crippen LogP contribution is -2.39. The predicted octanol–water partition coefficient (Wildman–Crippen LogP) is 2.96. The summed E-state index contributed by atoms with van der Waals surface area (Å²) in [5, 5.41) is 0. The van der Waals surface area contributed by atoms with Gasteiger partial charge in [-0.3, -0.25) is 4.90 Å². The van der Waals surface area contributed by atoms with Gasteiger partial charge in [0.1, 0.15) is 0 Å². The molecule has 1 aliphatic carbocycles. The van der Waals surface area contributed by atoms with Crippen LogP contribution in [-0.2, 0) is 4.74 Å². The Morgan fingerprint density at radius 3 is 2.22 bits per heavy atom. The van der Waals surface area contributed by atoms with Crippen molar-refractivity contribution in [2.75, 3.05) is 12.0 Å². The van der Waals surface area contributed by atoms with Crippen molar-refractivity contribution in [3.05, 3.63) is 29.8 Å². The SMILES string of the molecule is COC(=O)c1ccc(N(C2CC2)C(F)(F)F)cc1. The number of esters is 1. The van der Waals surface area contributed by atoms with E-state index >= 15 is 0 Å². The molecule has 1 saturated carbocycles. The third-order valence-electron chi connectivity index (χ3n) is 2.75. The molecule has 0 amide bonds. The number of carbonyl (C=O) groups is 1. The maximum Gasteiger partial charge on any atom is 0.485 e. The Kier molecular flexibility index (Phi) is 3.19. The van der Waals surface area contributed by atoms with E-state index in [2.05, 4.69) is 4.74 Å². The Hall–Kier alpha value is -1.72. The van der Waals surface area contributed by atoms with Gasteiger partial charge in [0.15, 0.2) is 0 Å². The van der Waals surface area contributed by atoms with Gasteiger partial charge in [0.2, 0.25) is 0 Å². The molecule has 0 N–H and O–H groups in total. The Morgan fingerprint density at radius 2 is 1.83 bits per heavy atom. The molecule has 18 heavy (non-hydrogen) atoms. The first-order valence-corrected chi connectivity index (χ1v) is 5.48. The normalized spacial score (nSPS) is 15.3. The number of benzene rings is 1. The van der Waals surface area contributed by atoms with Gasteiger partial charge >= 0.3 is 12.3 Å². The topological polar surface area (TPSA) is 29.5 Å². The zero-order valence-corrected chi connectivity index (χ0v) is 9.70. The molecule has 0 saturated heterocycles. The molecule has 0 atom stereocenters. The molecule has 0 radical (unpaired) electrons. The van der Waals surface area contributed by atoms with Crippen molar-refractivity contribution in [3.63, 3.8) is 0 Å². The average molecular weight is 259 g/mol. The number of anilines is 1. The van der Waals surface area contributed by atoms with Gasteiger partial charge in [0, 0.05) is 11.7 Å². The number of hydrogen-bond acceptors (Lipinski definition) is 3. The molecular weight excluding hydrogens is 247 g/mol. The maximum absolute atomic E-state index is 12.9. The molecule has 0 unspecified atom stereocenters. The number of carbonyl (C=O) groups excluding carboxylic acids is 1. The van der Waals surface area contributed by atoms with Gasteiger partial charge in [-0.05, 0) is 37.1 Å². The molecule has 0 aliphatic heterocycles. The van der Waals surface area contributed by atoms with Crippen LogP contribution in [0.15, 0.2) is 24.3 Å². The molecule has 0 spiro atoms. The quantitative estimate of drug-likeness (QED) is 0.617. The lowest BCUT2D eigenvalue weighted by atomic mass is 10.2. The summed E-state index contributed by atoms with van der Waals surface area (Å²) in [4.78, 5) is 11.6. The van der Waals surface area contributed by atoms with Crippen molar-refractivity contribution in [2.24, 2.45) is 0 Å². The van der Waals surface area contributed by atoms with E-state index < -0.39 is 18.3 Å². The fourth-order valence-corrected chi connectivity index (χ4v) is 1.77. The van der Waals surface area contributed by atoms with E-state index in [9.17, 15) is 18.0 Å². The van der Waals surface area contributed by atoms with E-state index in [1.165, 1.54) is 31.4 Å². The first kappa shape index (κ1) is 12.7. The highest BCUT2D eigenvalue weighted by Gasteiger charge is 2.46. The molecule has 3 nitrogen and oxygen atoms in total. The summed E-state index contributed by atoms with van der Waals surface area (Å²) in [5.74, 6) is -0.563. The van der Waals surface area contributed by atoms with Gasteiger partial charge in [-0.2, -0.15) is 13.2 Å². The van der Waals surface area contributed by atoms with E-state index in [1.807, 2.05) is 0 Å². The van der Waals surface area contributed by atoms with Gasteiger partial charge in [-0.15, -0.1) is 0 Å². The molecule has 1 aliphatic rings. The number of nitrogens with zero attached hydrogens (tertiary/aromatic N) is 1. The van der Waals surface area contributed by atoms with Crippen molar-refractivity contribution in [1.29, 1.82) is 0 Å². The van der Waals surface area contributed by atoms with Gasteiger partial charge in [0.05, 0.1) is 12.7 Å². The van der Waals surface area contributed by atoms with Crippen LogP contribution in [0.3, 0.4) is 0 Å². The first-order valence-electron chi connectivity index (χ1n) is 5.48. The molecule has 1 fully saturated rings. The average Bonchev–Trinajstić information content (AvgIpc) is 3.12. The Balaban J connectivity index is 2.24. The molecule has 2 rings (SSSR count). The van der Waals surface area contributed by atoms with Crippen LogP contribution in [0.4, 0.5) is 18.9 Å². The van der Waals surface area contributed by atoms with Gasteiger partial charge in [-0.25, -0.2) is 4.79 Å². The third kappa shape index (κ3) is 2.57. The number of ether oxygens (including phenoxy) is 1. The lowest BCUT2D eigenvalue weighted by Gasteiger charge is -2.26. The molecule has 1 aromatic carbocycles. The predicted molar refractivity (Wildman–Crippen MR) is 59.3 cm³/mol. The second-order valence-corrected chi connectivity index (χ2v) is 4.11. The van der Waals surface area contributed by atoms with Crippen LogP contribution < -0.4 is 4.90 Å². The Morgan fingerprint density at radius 1 is 1.28 bits per heavy atom. The van der Waals surface area contributed by atoms with Crippen molar-refractivity contribution >= 4 is 11.7 Å². The van der Waals surface area contributed by atoms with Crippen molar-refractivity contribution in [1.82, 2.24) is 0 Å². The van der Waals surface area contributed by atoms with Crippen LogP contribution in [0.5, 0.6) is 0 Å². The van der Waals surface area contributed by atoms with E-state index in [0.717, 1.165) is 0 Å². The van der Waals surface area contributed by atoms with Crippen LogP contribution >= 0.6 is 0 Å². The summed E-state index contributed by atoms with van der Waals surface area (Å²) >= 11 is 0. The van der Waals surface area contributed by atoms with Crippen molar-refractivity contribution < 1.29 is 22.7 Å². The van der Waals surface area contributed by atoms with Crippen LogP contribution in [0.25, 0.3) is 0 Å². The molecule has 0 heterocycles. The van der Waals surface area contributed by atoms with E-state index in [-0.39, 0.29) is 11.3 Å². The van der Waals surface area contributed by atoms with E-state index in [4.69, 9.17) is 0 Å². The first-order chi connectivity index (χ1) is 8.43. The van der Waals surface area contributed by atoms with Crippen molar-refractivity contribution in [2.45, 2.75) is 25.2 Å². The van der Waals surface area contributed by atoms with E-state index in [1.54, 1.807) is 0 Å². The standard InChI is InChI=1S/C12H12F3NO2/c1-18-11(17)8-2-4-9(5-3-8)16(10-6-7-10)12(13,14)15/h2-5,10H,6-7H2,1H3. The molecule has 0 bridgehead atoms. The fourth-order valence-electron chi connectivity index (χ4n) is 1.77. The Labute approximate surface area is 102 Å². The summed E-state index contributed by atoms with van der Waals surface area (Å²) in [6.07, 6.45) is -3.32. The fraction of sp³-hybridized carbons (Fsp3) is 0.417. The smallest absolute Gasteiger partial charge is 0.465 e. The van der Waals surface area contributed by atoms with Crippen LogP contribution in [0.1, 0.15) is 23.2 Å². The summed E-state index contributed by atoms with van der Waals surface area (Å²) in [5.41, 5.74) is 0.289. The molecule has 0 aromatic heterocycles. The van der Waals surface area contributed by atoms with Gasteiger partial charge in [-0.1, -0.05) is 0 Å². The highest BCUT2D eigenvalue weighted by Crippen LogP contribution is 2.39. The monoisotopic (exact) mass is 259 g/mol. The second kappa shape index (κ2) is 4.51. The minimum atomic E-state index is -4.39. The van der Waals surface area contributed by atoms with Crippen LogP contribution in [0.2, 0.25) is 0 Å². The molecule has 98 valence electrons. The molecule has 1 aromatic rings. The zero-order chi connectivity index (χ0) is 13.3. The largest absolute Gasteiger partial charge is 0.485 e. The number of hydrogen-bond donors (Lipinski definition) is 0. The van der Waals surface area contributed by atoms with Crippen LogP contribution in [-0.4, -0.2) is 25.4 Å². The zero-order valence-electron chi connectivity index (χ0n) is 9.70. The summed E-state index contributed by atoms with van der Waals surface area (Å²) in [7, 11) is 1.22. The number of alkyl halides is 3. The summed E-state index contributed by atoms with van der Waals surface area (Å²) in [6, 6.07) is 4.77. The summed E-state index contributed by atoms with van der Waals surface area (Å²) in [6.45, 7) is 0. The highest BCUT2D eigenvalue weighted by molar-refractivity contribution is 5.89. The minimum Gasteiger partial charge on any atom is -0.465 e. The second-order valence-electron chi connectivity index (χ2n) is 4.11.